The molecule has 4 heterocycles. The lowest BCUT2D eigenvalue weighted by molar-refractivity contribution is -0.158. The zero-order chi connectivity index (χ0) is 17.9. The second-order valence-corrected chi connectivity index (χ2v) is 7.73. The highest BCUT2D eigenvalue weighted by Gasteiger charge is 2.59. The molecule has 0 spiro atoms. The van der Waals surface area contributed by atoms with Crippen molar-refractivity contribution in [3.05, 3.63) is 23.5 Å². The number of nitrogens with zero attached hydrogens (tertiary/aromatic N) is 1. The average molecular weight is 356 g/mol. The molecule has 3 aliphatic heterocycles. The maximum atomic E-state index is 13.3. The maximum absolute atomic E-state index is 13.3. The van der Waals surface area contributed by atoms with Crippen LogP contribution in [0, 0.1) is 6.92 Å². The SMILES string of the molecule is Cc1coc2c(O)cc3c(c12)O[C@]1(N2CCCCC2)C(=O)NCCC[C@H]31. The van der Waals surface area contributed by atoms with Gasteiger partial charge in [0.2, 0.25) is 5.72 Å². The molecule has 0 saturated carbocycles. The molecule has 0 bridgehead atoms. The van der Waals surface area contributed by atoms with Gasteiger partial charge in [-0.05, 0) is 44.2 Å². The summed E-state index contributed by atoms with van der Waals surface area (Å²) in [7, 11) is 0. The van der Waals surface area contributed by atoms with Gasteiger partial charge in [-0.25, -0.2) is 0 Å². The Labute approximate surface area is 152 Å². The molecule has 1 amide bonds. The van der Waals surface area contributed by atoms with Crippen LogP contribution in [0.15, 0.2) is 16.7 Å². The minimum Gasteiger partial charge on any atom is -0.504 e. The molecule has 1 aromatic carbocycles. The highest BCUT2D eigenvalue weighted by atomic mass is 16.5. The van der Waals surface area contributed by atoms with Gasteiger partial charge in [0.15, 0.2) is 11.3 Å². The fourth-order valence-electron chi connectivity index (χ4n) is 4.99. The predicted molar refractivity (Wildman–Crippen MR) is 96.4 cm³/mol. The maximum Gasteiger partial charge on any atom is 0.280 e. The molecule has 0 aliphatic carbocycles. The first kappa shape index (κ1) is 16.0. The van der Waals surface area contributed by atoms with Gasteiger partial charge < -0.3 is 19.6 Å². The number of carbonyl (C=O) groups is 1. The van der Waals surface area contributed by atoms with Gasteiger partial charge in [-0.2, -0.15) is 0 Å². The van der Waals surface area contributed by atoms with Crippen molar-refractivity contribution in [2.75, 3.05) is 19.6 Å². The summed E-state index contributed by atoms with van der Waals surface area (Å²) in [5, 5.41) is 14.4. The van der Waals surface area contributed by atoms with E-state index in [1.165, 1.54) is 6.42 Å². The van der Waals surface area contributed by atoms with Crippen molar-refractivity contribution in [1.29, 1.82) is 0 Å². The molecule has 2 N–H and O–H groups in total. The lowest BCUT2D eigenvalue weighted by atomic mass is 9.84. The number of phenolic OH excluding ortho intramolecular Hbond substituents is 1. The van der Waals surface area contributed by atoms with Crippen molar-refractivity contribution in [2.45, 2.75) is 50.7 Å². The van der Waals surface area contributed by atoms with Gasteiger partial charge in [0.1, 0.15) is 5.75 Å². The van der Waals surface area contributed by atoms with Gasteiger partial charge in [-0.3, -0.25) is 9.69 Å². The number of aryl methyl sites for hydroxylation is 1. The number of carbonyl (C=O) groups excluding carboxylic acids is 1. The summed E-state index contributed by atoms with van der Waals surface area (Å²) >= 11 is 0. The number of ether oxygens (including phenoxy) is 1. The van der Waals surface area contributed by atoms with Crippen LogP contribution in [0.5, 0.6) is 11.5 Å². The van der Waals surface area contributed by atoms with E-state index in [0.29, 0.717) is 17.9 Å². The molecule has 2 fully saturated rings. The second kappa shape index (κ2) is 5.64. The van der Waals surface area contributed by atoms with Crippen molar-refractivity contribution < 1.29 is 19.1 Å². The molecule has 1 aromatic heterocycles. The number of piperidine rings is 1. The Hall–Kier alpha value is -2.21. The number of fused-ring (bicyclic) bond motifs is 5. The van der Waals surface area contributed by atoms with E-state index in [9.17, 15) is 9.90 Å². The Kier molecular flexibility index (Phi) is 3.47. The first-order valence-electron chi connectivity index (χ1n) is 9.59. The number of amides is 1. The van der Waals surface area contributed by atoms with Gasteiger partial charge in [0.05, 0.1) is 17.6 Å². The highest BCUT2D eigenvalue weighted by Crippen LogP contribution is 2.55. The van der Waals surface area contributed by atoms with Crippen LogP contribution in [0.3, 0.4) is 0 Å². The topological polar surface area (TPSA) is 74.9 Å². The van der Waals surface area contributed by atoms with Crippen LogP contribution in [0.25, 0.3) is 11.0 Å². The molecule has 6 nitrogen and oxygen atoms in total. The third kappa shape index (κ3) is 1.99. The van der Waals surface area contributed by atoms with E-state index in [2.05, 4.69) is 10.2 Å². The number of likely N-dealkylation sites (tertiary alicyclic amines) is 1. The zero-order valence-corrected chi connectivity index (χ0v) is 15.0. The number of aromatic hydroxyl groups is 1. The molecule has 138 valence electrons. The van der Waals surface area contributed by atoms with E-state index in [4.69, 9.17) is 9.15 Å². The molecule has 2 saturated heterocycles. The van der Waals surface area contributed by atoms with E-state index in [0.717, 1.165) is 55.3 Å². The Balaban J connectivity index is 1.74. The molecule has 5 rings (SSSR count). The molecular formula is C20H24N2O4. The molecule has 2 aromatic rings. The number of phenols is 1. The van der Waals surface area contributed by atoms with Gasteiger partial charge in [-0.1, -0.05) is 6.42 Å². The van der Waals surface area contributed by atoms with E-state index < -0.39 is 5.72 Å². The van der Waals surface area contributed by atoms with Crippen LogP contribution in [-0.4, -0.2) is 41.3 Å². The van der Waals surface area contributed by atoms with E-state index in [-0.39, 0.29) is 17.6 Å². The number of hydrogen-bond donors (Lipinski definition) is 2. The molecule has 0 radical (unpaired) electrons. The number of benzene rings is 1. The van der Waals surface area contributed by atoms with Gasteiger partial charge in [0, 0.05) is 25.2 Å². The Bertz CT molecular complexity index is 884. The van der Waals surface area contributed by atoms with Crippen LogP contribution in [-0.2, 0) is 4.79 Å². The molecule has 6 heteroatoms. The highest BCUT2D eigenvalue weighted by molar-refractivity contribution is 5.96. The molecule has 3 aliphatic rings. The van der Waals surface area contributed by atoms with Crippen LogP contribution in [0.1, 0.15) is 49.1 Å². The normalized spacial score (nSPS) is 29.0. The van der Waals surface area contributed by atoms with Crippen LogP contribution in [0.4, 0.5) is 0 Å². The number of nitrogens with one attached hydrogen (secondary N) is 1. The first-order chi connectivity index (χ1) is 12.6. The van der Waals surface area contributed by atoms with E-state index in [1.807, 2.05) is 6.92 Å². The number of rotatable bonds is 1. The molecule has 0 unspecified atom stereocenters. The fraction of sp³-hybridized carbons (Fsp3) is 0.550. The Morgan fingerprint density at radius 1 is 1.27 bits per heavy atom. The van der Waals surface area contributed by atoms with Crippen molar-refractivity contribution in [1.82, 2.24) is 10.2 Å². The van der Waals surface area contributed by atoms with Crippen molar-refractivity contribution >= 4 is 16.9 Å². The van der Waals surface area contributed by atoms with Crippen molar-refractivity contribution in [2.24, 2.45) is 0 Å². The number of hydrogen-bond acceptors (Lipinski definition) is 5. The van der Waals surface area contributed by atoms with E-state index >= 15 is 0 Å². The summed E-state index contributed by atoms with van der Waals surface area (Å²) in [5.41, 5.74) is 1.27. The quantitative estimate of drug-likeness (QED) is 0.822. The third-order valence-electron chi connectivity index (χ3n) is 6.20. The van der Waals surface area contributed by atoms with Crippen LogP contribution < -0.4 is 10.1 Å². The summed E-state index contributed by atoms with van der Waals surface area (Å²) in [6.07, 6.45) is 6.73. The van der Waals surface area contributed by atoms with E-state index in [1.54, 1.807) is 12.3 Å². The first-order valence-corrected chi connectivity index (χ1v) is 9.59. The lowest BCUT2D eigenvalue weighted by Crippen LogP contribution is -2.64. The standard InChI is InChI=1S/C20H24N2O4/c1-12-11-25-18-15(23)10-13-14-6-5-7-21-19(24)20(14,26-17(13)16(12)18)22-8-3-2-4-9-22/h10-11,14,23H,2-9H2,1H3,(H,21,24)/t14-,20+/m1/s1. The fourth-order valence-corrected chi connectivity index (χ4v) is 4.99. The van der Waals surface area contributed by atoms with Crippen molar-refractivity contribution in [3.63, 3.8) is 0 Å². The zero-order valence-electron chi connectivity index (χ0n) is 15.0. The minimum absolute atomic E-state index is 0.0492. The summed E-state index contributed by atoms with van der Waals surface area (Å²) in [4.78, 5) is 15.5. The summed E-state index contributed by atoms with van der Waals surface area (Å²) < 4.78 is 12.1. The molecule has 2 atom stereocenters. The van der Waals surface area contributed by atoms with Crippen LogP contribution in [0.2, 0.25) is 0 Å². The summed E-state index contributed by atoms with van der Waals surface area (Å²) in [6.45, 7) is 4.33. The third-order valence-corrected chi connectivity index (χ3v) is 6.20. The van der Waals surface area contributed by atoms with Crippen molar-refractivity contribution in [3.8, 4) is 11.5 Å². The summed E-state index contributed by atoms with van der Waals surface area (Å²) in [6, 6.07) is 1.75. The summed E-state index contributed by atoms with van der Waals surface area (Å²) in [5.74, 6) is 0.695. The molecular weight excluding hydrogens is 332 g/mol. The Morgan fingerprint density at radius 3 is 2.88 bits per heavy atom. The lowest BCUT2D eigenvalue weighted by Gasteiger charge is -2.43. The smallest absolute Gasteiger partial charge is 0.280 e. The Morgan fingerprint density at radius 2 is 2.08 bits per heavy atom. The van der Waals surface area contributed by atoms with Gasteiger partial charge >= 0.3 is 0 Å². The second-order valence-electron chi connectivity index (χ2n) is 7.73. The largest absolute Gasteiger partial charge is 0.504 e. The van der Waals surface area contributed by atoms with Gasteiger partial charge in [0.25, 0.3) is 5.91 Å². The van der Waals surface area contributed by atoms with Gasteiger partial charge in [-0.15, -0.1) is 0 Å². The monoisotopic (exact) mass is 356 g/mol. The van der Waals surface area contributed by atoms with Crippen LogP contribution >= 0.6 is 0 Å². The molecule has 26 heavy (non-hydrogen) atoms. The number of furan rings is 1. The average Bonchev–Trinajstić information content (AvgIpc) is 3.14. The minimum atomic E-state index is -1.01. The predicted octanol–water partition coefficient (Wildman–Crippen LogP) is 3.02.